The van der Waals surface area contributed by atoms with Gasteiger partial charge < -0.3 is 14.8 Å². The Morgan fingerprint density at radius 1 is 0.935 bits per heavy atom. The van der Waals surface area contributed by atoms with Crippen LogP contribution in [-0.4, -0.2) is 56.7 Å². The van der Waals surface area contributed by atoms with Crippen LogP contribution in [0.3, 0.4) is 0 Å². The Morgan fingerprint density at radius 3 is 2.45 bits per heavy atom. The number of amides is 1. The van der Waals surface area contributed by atoms with E-state index in [0.717, 1.165) is 35.3 Å². The highest BCUT2D eigenvalue weighted by Crippen LogP contribution is 2.23. The number of rotatable bonds is 3. The SMILES string of the molecule is O=C(c1cc(=O)n(-c2ccccc2)c(=O)[nH]1)N1CCN(c2cc3c(nn2)CCC3)CC1. The fourth-order valence-electron chi connectivity index (χ4n) is 4.21. The molecule has 31 heavy (non-hydrogen) atoms. The van der Waals surface area contributed by atoms with Gasteiger partial charge in [0.25, 0.3) is 11.5 Å². The third kappa shape index (κ3) is 3.63. The Morgan fingerprint density at radius 2 is 1.71 bits per heavy atom. The first-order valence-corrected chi connectivity index (χ1v) is 10.4. The Hall–Kier alpha value is -3.75. The largest absolute Gasteiger partial charge is 0.352 e. The molecule has 0 saturated carbocycles. The molecule has 1 fully saturated rings. The topological polar surface area (TPSA) is 104 Å². The molecule has 0 radical (unpaired) electrons. The summed E-state index contributed by atoms with van der Waals surface area (Å²) in [6, 6.07) is 11.9. The Kier molecular flexibility index (Phi) is 4.85. The first-order chi connectivity index (χ1) is 15.1. The van der Waals surface area contributed by atoms with Crippen molar-refractivity contribution in [2.75, 3.05) is 31.1 Å². The highest BCUT2D eigenvalue weighted by molar-refractivity contribution is 5.92. The number of aromatic amines is 1. The van der Waals surface area contributed by atoms with E-state index in [0.29, 0.717) is 31.9 Å². The van der Waals surface area contributed by atoms with Crippen molar-refractivity contribution in [1.82, 2.24) is 24.6 Å². The number of nitrogens with zero attached hydrogens (tertiary/aromatic N) is 5. The van der Waals surface area contributed by atoms with E-state index < -0.39 is 11.2 Å². The smallest absolute Gasteiger partial charge is 0.333 e. The number of piperazine rings is 1. The quantitative estimate of drug-likeness (QED) is 0.674. The van der Waals surface area contributed by atoms with Crippen molar-refractivity contribution in [2.45, 2.75) is 19.3 Å². The van der Waals surface area contributed by atoms with Crippen LogP contribution in [0.1, 0.15) is 28.2 Å². The average Bonchev–Trinajstić information content (AvgIpc) is 3.27. The predicted molar refractivity (Wildman–Crippen MR) is 115 cm³/mol. The molecule has 9 nitrogen and oxygen atoms in total. The summed E-state index contributed by atoms with van der Waals surface area (Å²) in [6.07, 6.45) is 3.15. The zero-order chi connectivity index (χ0) is 21.4. The number of hydrogen-bond acceptors (Lipinski definition) is 6. The normalized spacial score (nSPS) is 15.7. The zero-order valence-electron chi connectivity index (χ0n) is 17.0. The fourth-order valence-corrected chi connectivity index (χ4v) is 4.21. The first-order valence-electron chi connectivity index (χ1n) is 10.4. The molecule has 158 valence electrons. The second-order valence-electron chi connectivity index (χ2n) is 7.80. The van der Waals surface area contributed by atoms with Gasteiger partial charge in [0.05, 0.1) is 11.4 Å². The Balaban J connectivity index is 1.31. The molecule has 0 bridgehead atoms. The van der Waals surface area contributed by atoms with E-state index in [4.69, 9.17) is 0 Å². The number of para-hydroxylation sites is 1. The average molecular weight is 418 g/mol. The van der Waals surface area contributed by atoms with Gasteiger partial charge in [0.15, 0.2) is 5.82 Å². The molecule has 3 aromatic rings. The molecular weight excluding hydrogens is 396 g/mol. The van der Waals surface area contributed by atoms with Gasteiger partial charge in [-0.3, -0.25) is 9.59 Å². The van der Waals surface area contributed by atoms with Crippen LogP contribution in [0.2, 0.25) is 0 Å². The molecule has 3 heterocycles. The molecule has 0 spiro atoms. The highest BCUT2D eigenvalue weighted by Gasteiger charge is 2.25. The third-order valence-electron chi connectivity index (χ3n) is 5.88. The minimum atomic E-state index is -0.630. The molecule has 9 heteroatoms. The van der Waals surface area contributed by atoms with Gasteiger partial charge in [-0.2, -0.15) is 5.10 Å². The lowest BCUT2D eigenvalue weighted by molar-refractivity contribution is 0.0739. The van der Waals surface area contributed by atoms with Gasteiger partial charge in [0.2, 0.25) is 0 Å². The molecule has 1 saturated heterocycles. The molecule has 1 N–H and O–H groups in total. The molecule has 2 aromatic heterocycles. The van der Waals surface area contributed by atoms with Crippen molar-refractivity contribution < 1.29 is 4.79 Å². The zero-order valence-corrected chi connectivity index (χ0v) is 17.0. The van der Waals surface area contributed by atoms with Gasteiger partial charge >= 0.3 is 5.69 Å². The maximum Gasteiger partial charge on any atom is 0.333 e. The Labute approximate surface area is 178 Å². The number of anilines is 1. The van der Waals surface area contributed by atoms with Crippen molar-refractivity contribution in [3.8, 4) is 5.69 Å². The number of H-pyrrole nitrogens is 1. The summed E-state index contributed by atoms with van der Waals surface area (Å²) in [5.41, 5.74) is 1.65. The van der Waals surface area contributed by atoms with Crippen LogP contribution in [-0.2, 0) is 12.8 Å². The van der Waals surface area contributed by atoms with Crippen molar-refractivity contribution in [3.63, 3.8) is 0 Å². The van der Waals surface area contributed by atoms with Gasteiger partial charge in [-0.15, -0.1) is 5.10 Å². The molecule has 1 aliphatic heterocycles. The number of benzene rings is 1. The fraction of sp³-hybridized carbons (Fsp3) is 0.318. The predicted octanol–water partition coefficient (Wildman–Crippen LogP) is 0.767. The number of aryl methyl sites for hydroxylation is 2. The lowest BCUT2D eigenvalue weighted by Crippen LogP contribution is -2.50. The first kappa shape index (κ1) is 19.2. The van der Waals surface area contributed by atoms with Crippen molar-refractivity contribution >= 4 is 11.7 Å². The minimum absolute atomic E-state index is 0.00736. The number of fused-ring (bicyclic) bond motifs is 1. The van der Waals surface area contributed by atoms with Gasteiger partial charge in [-0.25, -0.2) is 9.36 Å². The van der Waals surface area contributed by atoms with E-state index in [1.54, 1.807) is 35.2 Å². The van der Waals surface area contributed by atoms with Crippen molar-refractivity contribution in [1.29, 1.82) is 0 Å². The van der Waals surface area contributed by atoms with Gasteiger partial charge in [0.1, 0.15) is 5.69 Å². The number of carbonyl (C=O) groups is 1. The second kappa shape index (κ2) is 7.82. The van der Waals surface area contributed by atoms with Crippen LogP contribution in [0.4, 0.5) is 5.82 Å². The number of carbonyl (C=O) groups excluding carboxylic acids is 1. The van der Waals surface area contributed by atoms with Gasteiger partial charge in [0, 0.05) is 32.2 Å². The van der Waals surface area contributed by atoms with Gasteiger partial charge in [-0.05, 0) is 43.0 Å². The maximum atomic E-state index is 12.9. The lowest BCUT2D eigenvalue weighted by Gasteiger charge is -2.35. The number of nitrogens with one attached hydrogen (secondary N) is 1. The Bertz CT molecular complexity index is 1210. The molecule has 1 aromatic carbocycles. The van der Waals surface area contributed by atoms with Crippen LogP contribution in [0.5, 0.6) is 0 Å². The van der Waals surface area contributed by atoms with Crippen molar-refractivity contribution in [3.05, 3.63) is 80.3 Å². The summed E-state index contributed by atoms with van der Waals surface area (Å²) in [7, 11) is 0. The summed E-state index contributed by atoms with van der Waals surface area (Å²) >= 11 is 0. The van der Waals surface area contributed by atoms with Crippen LogP contribution >= 0.6 is 0 Å². The molecule has 2 aliphatic rings. The van der Waals surface area contributed by atoms with Crippen LogP contribution in [0.25, 0.3) is 5.69 Å². The highest BCUT2D eigenvalue weighted by atomic mass is 16.2. The van der Waals surface area contributed by atoms with Gasteiger partial charge in [-0.1, -0.05) is 18.2 Å². The van der Waals surface area contributed by atoms with Crippen molar-refractivity contribution in [2.24, 2.45) is 0 Å². The van der Waals surface area contributed by atoms with E-state index in [1.165, 1.54) is 11.6 Å². The summed E-state index contributed by atoms with van der Waals surface area (Å²) in [4.78, 5) is 44.3. The molecular formula is C22H22N6O3. The summed E-state index contributed by atoms with van der Waals surface area (Å²) in [5, 5.41) is 8.68. The summed E-state index contributed by atoms with van der Waals surface area (Å²) in [6.45, 7) is 2.18. The minimum Gasteiger partial charge on any atom is -0.352 e. The monoisotopic (exact) mass is 418 g/mol. The summed E-state index contributed by atoms with van der Waals surface area (Å²) < 4.78 is 1.02. The maximum absolute atomic E-state index is 12.9. The lowest BCUT2D eigenvalue weighted by atomic mass is 10.2. The molecule has 1 aliphatic carbocycles. The van der Waals surface area contributed by atoms with E-state index in [-0.39, 0.29) is 11.6 Å². The van der Waals surface area contributed by atoms with Crippen LogP contribution in [0, 0.1) is 0 Å². The van der Waals surface area contributed by atoms with E-state index in [1.807, 2.05) is 0 Å². The van der Waals surface area contributed by atoms with Crippen LogP contribution in [0.15, 0.2) is 52.1 Å². The molecule has 5 rings (SSSR count). The van der Waals surface area contributed by atoms with Crippen LogP contribution < -0.4 is 16.1 Å². The standard InChI is InChI=1S/C22H22N6O3/c29-20-14-18(23-22(31)28(20)16-6-2-1-3-7-16)21(30)27-11-9-26(10-12-27)19-13-15-5-4-8-17(15)24-25-19/h1-3,6-7,13-14H,4-5,8-12H2,(H,23,31). The molecule has 1 amide bonds. The number of hydrogen-bond donors (Lipinski definition) is 1. The molecule has 0 atom stereocenters. The van der Waals surface area contributed by atoms with E-state index in [2.05, 4.69) is 26.1 Å². The third-order valence-corrected chi connectivity index (χ3v) is 5.88. The molecule has 0 unspecified atom stereocenters. The number of aromatic nitrogens is 4. The van der Waals surface area contributed by atoms with E-state index >= 15 is 0 Å². The van der Waals surface area contributed by atoms with E-state index in [9.17, 15) is 14.4 Å². The second-order valence-corrected chi connectivity index (χ2v) is 7.80. The summed E-state index contributed by atoms with van der Waals surface area (Å²) in [5.74, 6) is 0.487.